The summed E-state index contributed by atoms with van der Waals surface area (Å²) in [5.41, 5.74) is 7.49. The lowest BCUT2D eigenvalue weighted by atomic mass is 10.1. The minimum Gasteiger partial charge on any atom is -0.457 e. The summed E-state index contributed by atoms with van der Waals surface area (Å²) >= 11 is 0. The minimum atomic E-state index is -0.425. The molecule has 0 saturated carbocycles. The summed E-state index contributed by atoms with van der Waals surface area (Å²) < 4.78 is 16.5. The number of hydrogen-bond donors (Lipinski definition) is 2. The van der Waals surface area contributed by atoms with Crippen molar-refractivity contribution in [1.82, 2.24) is 0 Å². The summed E-state index contributed by atoms with van der Waals surface area (Å²) in [5.74, 6) is 1.34. The lowest BCUT2D eigenvalue weighted by Crippen LogP contribution is -2.29. The third-order valence-electron chi connectivity index (χ3n) is 4.54. The van der Waals surface area contributed by atoms with Gasteiger partial charge in [0.05, 0.1) is 12.7 Å². The molecular weight excluding hydrogens is 344 g/mol. The number of carbonyl (C=O) groups excluding carboxylic acids is 1. The first-order valence-electron chi connectivity index (χ1n) is 9.20. The van der Waals surface area contributed by atoms with Crippen LogP contribution in [0.4, 0.5) is 5.69 Å². The maximum Gasteiger partial charge on any atom is 0.253 e. The van der Waals surface area contributed by atoms with Gasteiger partial charge in [0, 0.05) is 19.3 Å². The number of methoxy groups -OCH3 is 1. The van der Waals surface area contributed by atoms with Crippen LogP contribution in [-0.4, -0.2) is 38.4 Å². The molecule has 1 heterocycles. The summed E-state index contributed by atoms with van der Waals surface area (Å²) in [4.78, 5) is 12.2. The molecule has 0 unspecified atom stereocenters. The normalized spacial score (nSPS) is 19.0. The van der Waals surface area contributed by atoms with Gasteiger partial charge in [-0.05, 0) is 61.2 Å². The molecule has 0 bridgehead atoms. The van der Waals surface area contributed by atoms with Crippen molar-refractivity contribution in [3.05, 3.63) is 54.1 Å². The monoisotopic (exact) mass is 370 g/mol. The number of hydrogen-bond acceptors (Lipinski definition) is 5. The van der Waals surface area contributed by atoms with Crippen LogP contribution in [0.1, 0.15) is 18.4 Å². The number of anilines is 1. The van der Waals surface area contributed by atoms with Crippen LogP contribution in [0.3, 0.4) is 0 Å². The number of rotatable bonds is 8. The van der Waals surface area contributed by atoms with Gasteiger partial charge in [-0.2, -0.15) is 0 Å². The van der Waals surface area contributed by atoms with Crippen LogP contribution in [-0.2, 0) is 20.7 Å². The van der Waals surface area contributed by atoms with Crippen molar-refractivity contribution in [2.24, 2.45) is 5.73 Å². The number of ether oxygens (including phenoxy) is 3. The molecule has 0 radical (unpaired) electrons. The second-order valence-electron chi connectivity index (χ2n) is 6.56. The molecule has 1 aliphatic rings. The molecule has 1 amide bonds. The predicted octanol–water partition coefficient (Wildman–Crippen LogP) is 3.11. The van der Waals surface area contributed by atoms with E-state index in [9.17, 15) is 4.79 Å². The molecule has 3 N–H and O–H groups in total. The fourth-order valence-corrected chi connectivity index (χ4v) is 2.98. The van der Waals surface area contributed by atoms with Crippen LogP contribution >= 0.6 is 0 Å². The van der Waals surface area contributed by atoms with Crippen LogP contribution < -0.4 is 15.8 Å². The molecule has 6 heteroatoms. The van der Waals surface area contributed by atoms with Crippen molar-refractivity contribution in [2.45, 2.75) is 31.5 Å². The minimum absolute atomic E-state index is 0.0163. The highest BCUT2D eigenvalue weighted by atomic mass is 16.5. The van der Waals surface area contributed by atoms with E-state index in [0.29, 0.717) is 31.0 Å². The zero-order valence-electron chi connectivity index (χ0n) is 15.5. The zero-order chi connectivity index (χ0) is 19.1. The Morgan fingerprint density at radius 3 is 2.37 bits per heavy atom. The number of nitrogens with one attached hydrogen (secondary N) is 1. The van der Waals surface area contributed by atoms with Crippen molar-refractivity contribution in [3.8, 4) is 11.5 Å². The van der Waals surface area contributed by atoms with Gasteiger partial charge in [0.1, 0.15) is 17.6 Å². The molecule has 3 rings (SSSR count). The Hall–Kier alpha value is -2.41. The van der Waals surface area contributed by atoms with Gasteiger partial charge < -0.3 is 25.3 Å². The number of amides is 1. The van der Waals surface area contributed by atoms with E-state index < -0.39 is 6.10 Å². The summed E-state index contributed by atoms with van der Waals surface area (Å²) in [6.07, 6.45) is 1.96. The van der Waals surface area contributed by atoms with E-state index in [2.05, 4.69) is 5.32 Å². The van der Waals surface area contributed by atoms with E-state index in [1.54, 1.807) is 7.11 Å². The molecule has 0 aliphatic carbocycles. The van der Waals surface area contributed by atoms with E-state index in [4.69, 9.17) is 19.9 Å². The van der Waals surface area contributed by atoms with E-state index in [-0.39, 0.29) is 12.0 Å². The second-order valence-corrected chi connectivity index (χ2v) is 6.56. The summed E-state index contributed by atoms with van der Waals surface area (Å²) in [6, 6.07) is 15.2. The quantitative estimate of drug-likeness (QED) is 0.746. The van der Waals surface area contributed by atoms with Crippen molar-refractivity contribution in [3.63, 3.8) is 0 Å². The Morgan fingerprint density at radius 1 is 1.11 bits per heavy atom. The zero-order valence-corrected chi connectivity index (χ0v) is 15.5. The topological polar surface area (TPSA) is 82.8 Å². The van der Waals surface area contributed by atoms with Gasteiger partial charge in [-0.25, -0.2) is 0 Å². The van der Waals surface area contributed by atoms with Gasteiger partial charge in [-0.1, -0.05) is 12.1 Å². The largest absolute Gasteiger partial charge is 0.457 e. The first-order chi connectivity index (χ1) is 13.2. The summed E-state index contributed by atoms with van der Waals surface area (Å²) in [5, 5.41) is 2.87. The molecule has 144 valence electrons. The lowest BCUT2D eigenvalue weighted by molar-refractivity contribution is -0.126. The Kier molecular flexibility index (Phi) is 6.81. The van der Waals surface area contributed by atoms with Gasteiger partial charge in [0.2, 0.25) is 0 Å². The molecule has 0 aromatic heterocycles. The Bertz CT molecular complexity index is 731. The number of nitrogens with two attached hydrogens (primary N) is 1. The maximum atomic E-state index is 12.2. The van der Waals surface area contributed by atoms with Crippen molar-refractivity contribution >= 4 is 11.6 Å². The third-order valence-corrected chi connectivity index (χ3v) is 4.54. The molecule has 0 spiro atoms. The van der Waals surface area contributed by atoms with Crippen LogP contribution in [0.5, 0.6) is 11.5 Å². The van der Waals surface area contributed by atoms with Crippen molar-refractivity contribution in [2.75, 3.05) is 25.6 Å². The molecule has 1 saturated heterocycles. The van der Waals surface area contributed by atoms with E-state index in [1.807, 2.05) is 48.5 Å². The van der Waals surface area contributed by atoms with Crippen molar-refractivity contribution in [1.29, 1.82) is 0 Å². The standard InChI is InChI=1S/C21H26N2O4/c1-25-13-12-15-2-6-17(7-3-15)26-18-8-4-16(5-9-18)23-21(24)20-11-10-19(14-22)27-20/h2-9,19-20H,10-14,22H2,1H3,(H,23,24)/t19-,20+/m1/s1. The molecule has 1 aliphatic heterocycles. The smallest absolute Gasteiger partial charge is 0.253 e. The average Bonchev–Trinajstić information content (AvgIpc) is 3.18. The summed E-state index contributed by atoms with van der Waals surface area (Å²) in [6.45, 7) is 1.15. The van der Waals surface area contributed by atoms with Crippen LogP contribution in [0, 0.1) is 0 Å². The molecular formula is C21H26N2O4. The average molecular weight is 370 g/mol. The SMILES string of the molecule is COCCc1ccc(Oc2ccc(NC(=O)[C@@H]3CC[C@H](CN)O3)cc2)cc1. The second kappa shape index (κ2) is 9.50. The van der Waals surface area contributed by atoms with Gasteiger partial charge in [-0.3, -0.25) is 4.79 Å². The maximum absolute atomic E-state index is 12.2. The van der Waals surface area contributed by atoms with Gasteiger partial charge in [0.15, 0.2) is 0 Å². The van der Waals surface area contributed by atoms with Gasteiger partial charge in [0.25, 0.3) is 5.91 Å². The van der Waals surface area contributed by atoms with Gasteiger partial charge >= 0.3 is 0 Å². The van der Waals surface area contributed by atoms with Crippen LogP contribution in [0.2, 0.25) is 0 Å². The fourth-order valence-electron chi connectivity index (χ4n) is 2.98. The molecule has 2 aromatic rings. The van der Waals surface area contributed by atoms with Crippen molar-refractivity contribution < 1.29 is 19.0 Å². The highest BCUT2D eigenvalue weighted by molar-refractivity contribution is 5.94. The van der Waals surface area contributed by atoms with Crippen LogP contribution in [0.15, 0.2) is 48.5 Å². The highest BCUT2D eigenvalue weighted by Gasteiger charge is 2.29. The van der Waals surface area contributed by atoms with Crippen LogP contribution in [0.25, 0.3) is 0 Å². The molecule has 1 fully saturated rings. The molecule has 6 nitrogen and oxygen atoms in total. The van der Waals surface area contributed by atoms with E-state index in [0.717, 1.165) is 18.6 Å². The fraction of sp³-hybridized carbons (Fsp3) is 0.381. The Labute approximate surface area is 159 Å². The molecule has 2 atom stereocenters. The third kappa shape index (κ3) is 5.53. The van der Waals surface area contributed by atoms with E-state index >= 15 is 0 Å². The lowest BCUT2D eigenvalue weighted by Gasteiger charge is -2.13. The first kappa shape index (κ1) is 19.4. The number of benzene rings is 2. The number of carbonyl (C=O) groups is 1. The Balaban J connectivity index is 1.52. The highest BCUT2D eigenvalue weighted by Crippen LogP contribution is 2.25. The predicted molar refractivity (Wildman–Crippen MR) is 104 cm³/mol. The Morgan fingerprint density at radius 2 is 1.78 bits per heavy atom. The summed E-state index contributed by atoms with van der Waals surface area (Å²) in [7, 11) is 1.70. The molecule has 27 heavy (non-hydrogen) atoms. The first-order valence-corrected chi connectivity index (χ1v) is 9.20. The van der Waals surface area contributed by atoms with Gasteiger partial charge in [-0.15, -0.1) is 0 Å². The molecule has 2 aromatic carbocycles. The van der Waals surface area contributed by atoms with E-state index in [1.165, 1.54) is 5.56 Å².